The second kappa shape index (κ2) is 11.7. The Kier molecular flexibility index (Phi) is 8.44. The van der Waals surface area contributed by atoms with E-state index in [1.54, 1.807) is 30.5 Å². The second-order valence-electron chi connectivity index (χ2n) is 7.15. The topological polar surface area (TPSA) is 86.8 Å². The van der Waals surface area contributed by atoms with E-state index in [9.17, 15) is 22.8 Å². The zero-order chi connectivity index (χ0) is 25.3. The third-order valence-corrected chi connectivity index (χ3v) is 4.42. The Labute approximate surface area is 199 Å². The van der Waals surface area contributed by atoms with Crippen LogP contribution in [0.2, 0.25) is 0 Å². The number of anilines is 1. The Morgan fingerprint density at radius 2 is 1.69 bits per heavy atom. The first kappa shape index (κ1) is 25.3. The van der Waals surface area contributed by atoms with Gasteiger partial charge in [0.25, 0.3) is 5.91 Å². The smallest absolute Gasteiger partial charge is 0.487 e. The van der Waals surface area contributed by atoms with Crippen LogP contribution in [0, 0.1) is 0 Å². The monoisotopic (exact) mass is 486 g/mol. The number of pyridine rings is 1. The van der Waals surface area contributed by atoms with Crippen LogP contribution in [0.3, 0.4) is 0 Å². The first-order valence-electron chi connectivity index (χ1n) is 10.4. The van der Waals surface area contributed by atoms with Gasteiger partial charge < -0.3 is 19.5 Å². The maximum Gasteiger partial charge on any atom is 0.573 e. The van der Waals surface area contributed by atoms with E-state index >= 15 is 0 Å². The molecule has 182 valence electrons. The Hall–Kier alpha value is -4.34. The van der Waals surface area contributed by atoms with Gasteiger partial charge in [0.1, 0.15) is 18.1 Å². The molecular weight excluding hydrogens is 465 g/mol. The number of benzene rings is 2. The van der Waals surface area contributed by atoms with Crippen LogP contribution < -0.4 is 14.8 Å². The van der Waals surface area contributed by atoms with Crippen LogP contribution in [0.1, 0.15) is 18.2 Å². The molecule has 1 amide bonds. The van der Waals surface area contributed by atoms with Crippen LogP contribution in [-0.2, 0) is 20.9 Å². The predicted molar refractivity (Wildman–Crippen MR) is 121 cm³/mol. The van der Waals surface area contributed by atoms with E-state index in [-0.39, 0.29) is 5.69 Å². The lowest BCUT2D eigenvalue weighted by Gasteiger charge is -2.13. The second-order valence-corrected chi connectivity index (χ2v) is 7.15. The maximum absolute atomic E-state index is 12.2. The summed E-state index contributed by atoms with van der Waals surface area (Å²) in [4.78, 5) is 28.4. The van der Waals surface area contributed by atoms with E-state index in [4.69, 9.17) is 9.47 Å². The number of rotatable bonds is 9. The van der Waals surface area contributed by atoms with E-state index in [1.165, 1.54) is 31.2 Å². The molecule has 1 unspecified atom stereocenters. The highest BCUT2D eigenvalue weighted by molar-refractivity contribution is 5.96. The molecular formula is C25H21F3N2O5. The molecule has 10 heteroatoms. The molecule has 1 aromatic heterocycles. The van der Waals surface area contributed by atoms with Gasteiger partial charge in [-0.3, -0.25) is 9.78 Å². The van der Waals surface area contributed by atoms with Crippen LogP contribution in [0.4, 0.5) is 18.9 Å². The molecule has 0 fully saturated rings. The number of nitrogens with zero attached hydrogens (tertiary/aromatic N) is 1. The van der Waals surface area contributed by atoms with E-state index in [2.05, 4.69) is 15.0 Å². The van der Waals surface area contributed by atoms with E-state index in [0.717, 1.165) is 17.8 Å². The highest BCUT2D eigenvalue weighted by Gasteiger charge is 2.31. The number of carbonyl (C=O) groups is 2. The predicted octanol–water partition coefficient (Wildman–Crippen LogP) is 5.14. The van der Waals surface area contributed by atoms with Crippen LogP contribution in [0.15, 0.2) is 79.0 Å². The number of esters is 1. The van der Waals surface area contributed by atoms with Crippen molar-refractivity contribution in [2.75, 3.05) is 5.32 Å². The first-order valence-corrected chi connectivity index (χ1v) is 10.4. The third-order valence-electron chi connectivity index (χ3n) is 4.42. The molecule has 0 aliphatic rings. The maximum atomic E-state index is 12.2. The van der Waals surface area contributed by atoms with Gasteiger partial charge in [0.15, 0.2) is 6.10 Å². The molecule has 0 saturated carbocycles. The largest absolute Gasteiger partial charge is 0.573 e. The van der Waals surface area contributed by atoms with Crippen molar-refractivity contribution < 1.29 is 37.0 Å². The summed E-state index contributed by atoms with van der Waals surface area (Å²) in [5.41, 5.74) is 1.73. The van der Waals surface area contributed by atoms with Crippen molar-refractivity contribution in [3.05, 3.63) is 90.3 Å². The van der Waals surface area contributed by atoms with Crippen molar-refractivity contribution in [3.63, 3.8) is 0 Å². The minimum atomic E-state index is -4.81. The van der Waals surface area contributed by atoms with Crippen molar-refractivity contribution in [1.82, 2.24) is 4.98 Å². The molecule has 0 aliphatic carbocycles. The van der Waals surface area contributed by atoms with E-state index in [0.29, 0.717) is 17.9 Å². The SMILES string of the molecule is CC(OC(=O)C=Cc1ccc(OCc2ccccn2)cc1)C(=O)Nc1ccc(OC(F)(F)F)cc1. The van der Waals surface area contributed by atoms with Crippen molar-refractivity contribution in [2.45, 2.75) is 26.0 Å². The summed E-state index contributed by atoms with van der Waals surface area (Å²) >= 11 is 0. The normalized spacial score (nSPS) is 12.1. The fraction of sp³-hybridized carbons (Fsp3) is 0.160. The standard InChI is InChI=1S/C25H21F3N2O5/c1-17(24(32)30-19-8-12-22(13-9-19)35-25(26,27)28)34-23(31)14-7-18-5-10-21(11-6-18)33-16-20-4-2-3-15-29-20/h2-15,17H,16H2,1H3,(H,30,32). The number of carbonyl (C=O) groups excluding carboxylic acids is 2. The summed E-state index contributed by atoms with van der Waals surface area (Å²) in [6.07, 6.45) is -1.56. The fourth-order valence-corrected chi connectivity index (χ4v) is 2.73. The van der Waals surface area contributed by atoms with Crippen LogP contribution >= 0.6 is 0 Å². The van der Waals surface area contributed by atoms with Crippen molar-refractivity contribution in [1.29, 1.82) is 0 Å². The average Bonchev–Trinajstić information content (AvgIpc) is 2.83. The molecule has 0 saturated heterocycles. The summed E-state index contributed by atoms with van der Waals surface area (Å²) in [6.45, 7) is 1.70. The molecule has 3 rings (SSSR count). The van der Waals surface area contributed by atoms with Gasteiger partial charge in [-0.05, 0) is 67.1 Å². The number of hydrogen-bond acceptors (Lipinski definition) is 6. The first-order chi connectivity index (χ1) is 16.7. The zero-order valence-electron chi connectivity index (χ0n) is 18.5. The minimum Gasteiger partial charge on any atom is -0.487 e. The molecule has 1 N–H and O–H groups in total. The Balaban J connectivity index is 1.45. The number of halogens is 3. The Morgan fingerprint density at radius 1 is 1.00 bits per heavy atom. The lowest BCUT2D eigenvalue weighted by Crippen LogP contribution is -2.29. The van der Waals surface area contributed by atoms with Crippen LogP contribution in [0.25, 0.3) is 6.08 Å². The fourth-order valence-electron chi connectivity index (χ4n) is 2.73. The number of ether oxygens (including phenoxy) is 3. The third kappa shape index (κ3) is 8.84. The van der Waals surface area contributed by atoms with Gasteiger partial charge >= 0.3 is 12.3 Å². The Bertz CT molecular complexity index is 1150. The lowest BCUT2D eigenvalue weighted by atomic mass is 10.2. The zero-order valence-corrected chi connectivity index (χ0v) is 18.5. The van der Waals surface area contributed by atoms with Crippen molar-refractivity contribution >= 4 is 23.6 Å². The number of hydrogen-bond donors (Lipinski definition) is 1. The molecule has 0 aliphatic heterocycles. The molecule has 0 bridgehead atoms. The summed E-state index contributed by atoms with van der Waals surface area (Å²) in [5, 5.41) is 2.45. The molecule has 0 radical (unpaired) electrons. The van der Waals surface area contributed by atoms with Gasteiger partial charge in [-0.25, -0.2) is 4.79 Å². The quantitative estimate of drug-likeness (QED) is 0.333. The van der Waals surface area contributed by atoms with Gasteiger partial charge in [0.2, 0.25) is 0 Å². The van der Waals surface area contributed by atoms with E-state index in [1.807, 2.05) is 18.2 Å². The van der Waals surface area contributed by atoms with Gasteiger partial charge in [0.05, 0.1) is 5.69 Å². The van der Waals surface area contributed by atoms with Crippen molar-refractivity contribution in [3.8, 4) is 11.5 Å². The molecule has 1 heterocycles. The molecule has 7 nitrogen and oxygen atoms in total. The number of aromatic nitrogens is 1. The van der Waals surface area contributed by atoms with Crippen LogP contribution in [-0.4, -0.2) is 29.3 Å². The Morgan fingerprint density at radius 3 is 2.31 bits per heavy atom. The van der Waals surface area contributed by atoms with E-state index < -0.39 is 30.1 Å². The van der Waals surface area contributed by atoms with Gasteiger partial charge in [0, 0.05) is 18.0 Å². The van der Waals surface area contributed by atoms with Crippen LogP contribution in [0.5, 0.6) is 11.5 Å². The highest BCUT2D eigenvalue weighted by Crippen LogP contribution is 2.24. The molecule has 35 heavy (non-hydrogen) atoms. The minimum absolute atomic E-state index is 0.216. The summed E-state index contributed by atoms with van der Waals surface area (Å²) < 4.78 is 51.1. The van der Waals surface area contributed by atoms with Gasteiger partial charge in [-0.15, -0.1) is 13.2 Å². The molecule has 1 atom stereocenters. The van der Waals surface area contributed by atoms with Gasteiger partial charge in [-0.2, -0.15) is 0 Å². The summed E-state index contributed by atoms with van der Waals surface area (Å²) in [7, 11) is 0. The number of alkyl halides is 3. The summed E-state index contributed by atoms with van der Waals surface area (Å²) in [5.74, 6) is -1.17. The lowest BCUT2D eigenvalue weighted by molar-refractivity contribution is -0.274. The van der Waals surface area contributed by atoms with Gasteiger partial charge in [-0.1, -0.05) is 18.2 Å². The summed E-state index contributed by atoms with van der Waals surface area (Å²) in [6, 6.07) is 17.1. The van der Waals surface area contributed by atoms with Crippen molar-refractivity contribution in [2.24, 2.45) is 0 Å². The molecule has 3 aromatic rings. The number of nitrogens with one attached hydrogen (secondary N) is 1. The molecule has 0 spiro atoms. The highest BCUT2D eigenvalue weighted by atomic mass is 19.4. The number of amides is 1. The average molecular weight is 486 g/mol. The molecule has 2 aromatic carbocycles.